The fraction of sp³-hybridized carbons (Fsp3) is 0.545. The molecule has 1 atom stereocenters. The highest BCUT2D eigenvalue weighted by Crippen LogP contribution is 1.97. The number of hydrogen-bond donors (Lipinski definition) is 2. The van der Waals surface area contributed by atoms with E-state index in [1.807, 2.05) is 6.92 Å². The number of nitrogens with zero attached hydrogens (tertiary/aromatic N) is 4. The smallest absolute Gasteiger partial charge is 0.325 e. The van der Waals surface area contributed by atoms with E-state index in [9.17, 15) is 14.4 Å². The summed E-state index contributed by atoms with van der Waals surface area (Å²) in [5.74, 6) is -1.89. The largest absolute Gasteiger partial charge is 0.480 e. The summed E-state index contributed by atoms with van der Waals surface area (Å²) in [6.45, 7) is 3.54. The molecule has 0 saturated heterocycles. The van der Waals surface area contributed by atoms with Crippen molar-refractivity contribution in [3.8, 4) is 0 Å². The van der Waals surface area contributed by atoms with Crippen LogP contribution in [0.5, 0.6) is 0 Å². The standard InChI is InChI=1S/C11H17N5O4/c1-4-15(3)11(20)7(2)12-10(19)8-5-16(14-13-8)6-9(17)18/h5,7H,4,6H2,1-3H3,(H,12,19)(H,17,18). The zero-order chi connectivity index (χ0) is 15.3. The third kappa shape index (κ3) is 4.04. The van der Waals surface area contributed by atoms with E-state index in [0.29, 0.717) is 6.54 Å². The molecule has 20 heavy (non-hydrogen) atoms. The molecule has 0 radical (unpaired) electrons. The SMILES string of the molecule is CCN(C)C(=O)C(C)NC(=O)c1cn(CC(=O)O)nn1. The molecule has 9 heteroatoms. The monoisotopic (exact) mass is 283 g/mol. The molecule has 0 fully saturated rings. The molecule has 0 aliphatic carbocycles. The van der Waals surface area contributed by atoms with Crippen LogP contribution in [0.1, 0.15) is 24.3 Å². The van der Waals surface area contributed by atoms with Crippen LogP contribution in [0.4, 0.5) is 0 Å². The first-order valence-electron chi connectivity index (χ1n) is 6.03. The molecular formula is C11H17N5O4. The molecule has 1 aromatic rings. The highest BCUT2D eigenvalue weighted by molar-refractivity contribution is 5.95. The van der Waals surface area contributed by atoms with Gasteiger partial charge in [-0.25, -0.2) is 4.68 Å². The molecule has 110 valence electrons. The van der Waals surface area contributed by atoms with Gasteiger partial charge in [-0.3, -0.25) is 14.4 Å². The number of carboxylic acid groups (broad SMARTS) is 1. The Labute approximate surface area is 115 Å². The van der Waals surface area contributed by atoms with Gasteiger partial charge in [0.25, 0.3) is 5.91 Å². The fourth-order valence-electron chi connectivity index (χ4n) is 1.44. The van der Waals surface area contributed by atoms with E-state index in [2.05, 4.69) is 15.6 Å². The highest BCUT2D eigenvalue weighted by atomic mass is 16.4. The first kappa shape index (κ1) is 15.6. The number of carbonyl (C=O) groups excluding carboxylic acids is 2. The molecule has 9 nitrogen and oxygen atoms in total. The van der Waals surface area contributed by atoms with Crippen molar-refractivity contribution in [2.75, 3.05) is 13.6 Å². The second kappa shape index (κ2) is 6.64. The molecule has 0 bridgehead atoms. The Balaban J connectivity index is 2.64. The number of rotatable bonds is 6. The van der Waals surface area contributed by atoms with Crippen molar-refractivity contribution < 1.29 is 19.5 Å². The van der Waals surface area contributed by atoms with Crippen molar-refractivity contribution in [1.29, 1.82) is 0 Å². The van der Waals surface area contributed by atoms with Gasteiger partial charge in [0, 0.05) is 13.6 Å². The van der Waals surface area contributed by atoms with Crippen molar-refractivity contribution in [1.82, 2.24) is 25.2 Å². The van der Waals surface area contributed by atoms with Gasteiger partial charge in [0.1, 0.15) is 12.6 Å². The summed E-state index contributed by atoms with van der Waals surface area (Å²) in [5, 5.41) is 18.1. The van der Waals surface area contributed by atoms with Crippen LogP contribution in [0.15, 0.2) is 6.20 Å². The van der Waals surface area contributed by atoms with Gasteiger partial charge in [-0.15, -0.1) is 5.10 Å². The van der Waals surface area contributed by atoms with Crippen LogP contribution < -0.4 is 5.32 Å². The Bertz CT molecular complexity index is 513. The molecular weight excluding hydrogens is 266 g/mol. The highest BCUT2D eigenvalue weighted by Gasteiger charge is 2.20. The maximum Gasteiger partial charge on any atom is 0.325 e. The first-order valence-corrected chi connectivity index (χ1v) is 6.03. The summed E-state index contributed by atoms with van der Waals surface area (Å²) in [6, 6.07) is -0.697. The van der Waals surface area contributed by atoms with Gasteiger partial charge >= 0.3 is 5.97 Å². The number of amides is 2. The van der Waals surface area contributed by atoms with E-state index in [4.69, 9.17) is 5.11 Å². The summed E-state index contributed by atoms with van der Waals surface area (Å²) < 4.78 is 1.03. The lowest BCUT2D eigenvalue weighted by atomic mass is 10.2. The van der Waals surface area contributed by atoms with Crippen LogP contribution in [-0.2, 0) is 16.1 Å². The molecule has 0 aliphatic heterocycles. The molecule has 1 aromatic heterocycles. The molecule has 0 saturated carbocycles. The van der Waals surface area contributed by atoms with Crippen LogP contribution in [-0.4, -0.2) is 62.4 Å². The molecule has 2 amide bonds. The second-order valence-electron chi connectivity index (χ2n) is 4.24. The second-order valence-corrected chi connectivity index (χ2v) is 4.24. The van der Waals surface area contributed by atoms with Crippen LogP contribution in [0, 0.1) is 0 Å². The topological polar surface area (TPSA) is 117 Å². The van der Waals surface area contributed by atoms with Gasteiger partial charge in [0.2, 0.25) is 5.91 Å². The molecule has 0 aromatic carbocycles. The Kier molecular flexibility index (Phi) is 5.18. The van der Waals surface area contributed by atoms with Crippen molar-refractivity contribution in [2.24, 2.45) is 0 Å². The van der Waals surface area contributed by atoms with Crippen LogP contribution in [0.3, 0.4) is 0 Å². The normalized spacial score (nSPS) is 11.8. The van der Waals surface area contributed by atoms with Crippen molar-refractivity contribution in [3.63, 3.8) is 0 Å². The molecule has 0 aliphatic rings. The minimum Gasteiger partial charge on any atom is -0.480 e. The summed E-state index contributed by atoms with van der Waals surface area (Å²) in [7, 11) is 1.63. The third-order valence-electron chi connectivity index (χ3n) is 2.64. The molecule has 1 rings (SSSR count). The minimum absolute atomic E-state index is 0.0370. The number of carbonyl (C=O) groups is 3. The van der Waals surface area contributed by atoms with Gasteiger partial charge in [0.05, 0.1) is 6.20 Å². The van der Waals surface area contributed by atoms with Gasteiger partial charge in [-0.05, 0) is 13.8 Å². The predicted molar refractivity (Wildman–Crippen MR) is 67.9 cm³/mol. The van der Waals surface area contributed by atoms with Gasteiger partial charge < -0.3 is 15.3 Å². The average molecular weight is 283 g/mol. The van der Waals surface area contributed by atoms with E-state index in [1.165, 1.54) is 11.1 Å². The van der Waals surface area contributed by atoms with Gasteiger partial charge in [-0.2, -0.15) is 0 Å². The number of aliphatic carboxylic acids is 1. The Hall–Kier alpha value is -2.45. The van der Waals surface area contributed by atoms with E-state index < -0.39 is 17.9 Å². The zero-order valence-corrected chi connectivity index (χ0v) is 11.5. The maximum absolute atomic E-state index is 11.8. The van der Waals surface area contributed by atoms with E-state index in [-0.39, 0.29) is 18.1 Å². The number of nitrogens with one attached hydrogen (secondary N) is 1. The Morgan fingerprint density at radius 3 is 2.70 bits per heavy atom. The molecule has 2 N–H and O–H groups in total. The number of carboxylic acids is 1. The molecule has 1 heterocycles. The summed E-state index contributed by atoms with van der Waals surface area (Å²) in [5.41, 5.74) is -0.0370. The summed E-state index contributed by atoms with van der Waals surface area (Å²) >= 11 is 0. The Morgan fingerprint density at radius 1 is 1.50 bits per heavy atom. The van der Waals surface area contributed by atoms with Crippen LogP contribution in [0.2, 0.25) is 0 Å². The lowest BCUT2D eigenvalue weighted by Crippen LogP contribution is -2.45. The predicted octanol–water partition coefficient (Wildman–Crippen LogP) is -1.04. The molecule has 1 unspecified atom stereocenters. The van der Waals surface area contributed by atoms with Gasteiger partial charge in [0.15, 0.2) is 5.69 Å². The number of hydrogen-bond acceptors (Lipinski definition) is 5. The average Bonchev–Trinajstić information content (AvgIpc) is 2.84. The first-order chi connectivity index (χ1) is 9.35. The van der Waals surface area contributed by atoms with Gasteiger partial charge in [-0.1, -0.05) is 5.21 Å². The molecule has 0 spiro atoms. The van der Waals surface area contributed by atoms with E-state index in [1.54, 1.807) is 14.0 Å². The maximum atomic E-state index is 11.8. The van der Waals surface area contributed by atoms with Crippen molar-refractivity contribution >= 4 is 17.8 Å². The van der Waals surface area contributed by atoms with Crippen LogP contribution in [0.25, 0.3) is 0 Å². The zero-order valence-electron chi connectivity index (χ0n) is 11.5. The number of aromatic nitrogens is 3. The number of likely N-dealkylation sites (N-methyl/N-ethyl adjacent to an activating group) is 1. The lowest BCUT2D eigenvalue weighted by Gasteiger charge is -2.20. The van der Waals surface area contributed by atoms with E-state index in [0.717, 1.165) is 4.68 Å². The quantitative estimate of drug-likeness (QED) is 0.688. The minimum atomic E-state index is -1.09. The Morgan fingerprint density at radius 2 is 2.15 bits per heavy atom. The van der Waals surface area contributed by atoms with E-state index >= 15 is 0 Å². The summed E-state index contributed by atoms with van der Waals surface area (Å²) in [6.07, 6.45) is 1.21. The van der Waals surface area contributed by atoms with Crippen molar-refractivity contribution in [3.05, 3.63) is 11.9 Å². The third-order valence-corrected chi connectivity index (χ3v) is 2.64. The fourth-order valence-corrected chi connectivity index (χ4v) is 1.44. The van der Waals surface area contributed by atoms with Crippen LogP contribution >= 0.6 is 0 Å². The van der Waals surface area contributed by atoms with Crippen molar-refractivity contribution in [2.45, 2.75) is 26.4 Å². The lowest BCUT2D eigenvalue weighted by molar-refractivity contribution is -0.138. The summed E-state index contributed by atoms with van der Waals surface area (Å²) in [4.78, 5) is 35.6.